The van der Waals surface area contributed by atoms with Crippen molar-refractivity contribution < 1.29 is 4.79 Å². The molecular weight excluding hydrogens is 216 g/mol. The van der Waals surface area contributed by atoms with Crippen LogP contribution in [0.1, 0.15) is 42.4 Å². The molecule has 0 aliphatic heterocycles. The van der Waals surface area contributed by atoms with E-state index in [0.29, 0.717) is 23.8 Å². The number of nitrogens with one attached hydrogen (secondary N) is 1. The van der Waals surface area contributed by atoms with Gasteiger partial charge in [-0.25, -0.2) is 0 Å². The first-order chi connectivity index (χ1) is 8.13. The number of carbonyl (C=O) groups is 1. The van der Waals surface area contributed by atoms with Crippen LogP contribution in [0.15, 0.2) is 0 Å². The van der Waals surface area contributed by atoms with Crippen molar-refractivity contribution in [3.8, 4) is 0 Å². The van der Waals surface area contributed by atoms with E-state index in [9.17, 15) is 4.79 Å². The molecule has 1 aromatic rings. The summed E-state index contributed by atoms with van der Waals surface area (Å²) in [5, 5.41) is 7.19. The third-order valence-electron chi connectivity index (χ3n) is 3.46. The highest BCUT2D eigenvalue weighted by Gasteiger charge is 2.22. The molecule has 17 heavy (non-hydrogen) atoms. The first kappa shape index (κ1) is 12.0. The Morgan fingerprint density at radius 3 is 2.82 bits per heavy atom. The molecule has 1 aliphatic carbocycles. The zero-order chi connectivity index (χ0) is 12.4. The van der Waals surface area contributed by atoms with Gasteiger partial charge >= 0.3 is 0 Å². The lowest BCUT2D eigenvalue weighted by Crippen LogP contribution is -2.33. The molecule has 2 rings (SSSR count). The standard InChI is InChI=1S/C12H20N4O/c1-3-16-11(10(13)8(2)15-16)12(17)14-7-9-5-4-6-9/h9H,3-7,13H2,1-2H3,(H,14,17). The smallest absolute Gasteiger partial charge is 0.271 e. The Hall–Kier alpha value is -1.52. The fraction of sp³-hybridized carbons (Fsp3) is 0.667. The van der Waals surface area contributed by atoms with Crippen molar-refractivity contribution >= 4 is 11.6 Å². The van der Waals surface area contributed by atoms with Crippen LogP contribution in [0.4, 0.5) is 5.69 Å². The molecule has 5 nitrogen and oxygen atoms in total. The van der Waals surface area contributed by atoms with Crippen molar-refractivity contribution in [1.29, 1.82) is 0 Å². The van der Waals surface area contributed by atoms with Gasteiger partial charge in [-0.05, 0) is 32.6 Å². The third kappa shape index (κ3) is 2.28. The van der Waals surface area contributed by atoms with Gasteiger partial charge in [0, 0.05) is 13.1 Å². The third-order valence-corrected chi connectivity index (χ3v) is 3.46. The summed E-state index contributed by atoms with van der Waals surface area (Å²) in [5.41, 5.74) is 7.61. The van der Waals surface area contributed by atoms with Gasteiger partial charge in [-0.2, -0.15) is 5.10 Å². The summed E-state index contributed by atoms with van der Waals surface area (Å²) >= 11 is 0. The predicted octanol–water partition coefficient (Wildman–Crippen LogP) is 1.32. The highest BCUT2D eigenvalue weighted by Crippen LogP contribution is 2.25. The van der Waals surface area contributed by atoms with Gasteiger partial charge in [-0.3, -0.25) is 9.48 Å². The van der Waals surface area contributed by atoms with Crippen molar-refractivity contribution in [2.24, 2.45) is 5.92 Å². The van der Waals surface area contributed by atoms with Crippen LogP contribution < -0.4 is 11.1 Å². The topological polar surface area (TPSA) is 72.9 Å². The molecule has 1 saturated carbocycles. The summed E-state index contributed by atoms with van der Waals surface area (Å²) in [4.78, 5) is 12.1. The molecule has 0 aromatic carbocycles. The second kappa shape index (κ2) is 4.77. The van der Waals surface area contributed by atoms with E-state index in [0.717, 1.165) is 12.2 Å². The van der Waals surface area contributed by atoms with Crippen molar-refractivity contribution in [1.82, 2.24) is 15.1 Å². The second-order valence-corrected chi connectivity index (χ2v) is 4.67. The molecule has 5 heteroatoms. The monoisotopic (exact) mass is 236 g/mol. The number of aromatic nitrogens is 2. The largest absolute Gasteiger partial charge is 0.395 e. The highest BCUT2D eigenvalue weighted by atomic mass is 16.2. The summed E-state index contributed by atoms with van der Waals surface area (Å²) in [6, 6.07) is 0. The highest BCUT2D eigenvalue weighted by molar-refractivity contribution is 5.97. The molecule has 3 N–H and O–H groups in total. The van der Waals surface area contributed by atoms with E-state index in [1.165, 1.54) is 19.3 Å². The van der Waals surface area contributed by atoms with Gasteiger partial charge in [-0.15, -0.1) is 0 Å². The van der Waals surface area contributed by atoms with E-state index in [1.807, 2.05) is 13.8 Å². The fourth-order valence-corrected chi connectivity index (χ4v) is 2.08. The summed E-state index contributed by atoms with van der Waals surface area (Å²) in [6.07, 6.45) is 3.73. The zero-order valence-corrected chi connectivity index (χ0v) is 10.5. The number of nitrogens with zero attached hydrogens (tertiary/aromatic N) is 2. The minimum atomic E-state index is -0.100. The Bertz CT molecular complexity index is 420. The van der Waals surface area contributed by atoms with Gasteiger partial charge in [0.25, 0.3) is 5.91 Å². The summed E-state index contributed by atoms with van der Waals surface area (Å²) in [5.74, 6) is 0.552. The van der Waals surface area contributed by atoms with Crippen LogP contribution in [0.2, 0.25) is 0 Å². The number of hydrogen-bond donors (Lipinski definition) is 2. The number of carbonyl (C=O) groups excluding carboxylic acids is 1. The fourth-order valence-electron chi connectivity index (χ4n) is 2.08. The Morgan fingerprint density at radius 2 is 2.29 bits per heavy atom. The predicted molar refractivity (Wildman–Crippen MR) is 66.7 cm³/mol. The van der Waals surface area contributed by atoms with Crippen LogP contribution >= 0.6 is 0 Å². The number of nitrogens with two attached hydrogens (primary N) is 1. The molecule has 0 bridgehead atoms. The van der Waals surface area contributed by atoms with Crippen LogP contribution in [0.25, 0.3) is 0 Å². The number of nitrogen functional groups attached to an aromatic ring is 1. The van der Waals surface area contributed by atoms with Gasteiger partial charge < -0.3 is 11.1 Å². The number of rotatable bonds is 4. The maximum atomic E-state index is 12.1. The number of aryl methyl sites for hydroxylation is 2. The molecule has 1 amide bonds. The first-order valence-electron chi connectivity index (χ1n) is 6.24. The second-order valence-electron chi connectivity index (χ2n) is 4.67. The van der Waals surface area contributed by atoms with E-state index < -0.39 is 0 Å². The maximum Gasteiger partial charge on any atom is 0.271 e. The van der Waals surface area contributed by atoms with Gasteiger partial charge in [0.1, 0.15) is 5.69 Å². The summed E-state index contributed by atoms with van der Waals surface area (Å²) in [7, 11) is 0. The molecule has 0 atom stereocenters. The number of anilines is 1. The van der Waals surface area contributed by atoms with Gasteiger partial charge in [0.05, 0.1) is 11.4 Å². The average Bonchev–Trinajstić information content (AvgIpc) is 2.52. The molecule has 1 fully saturated rings. The van der Waals surface area contributed by atoms with E-state index in [4.69, 9.17) is 5.73 Å². The van der Waals surface area contributed by atoms with E-state index in [2.05, 4.69) is 10.4 Å². The summed E-state index contributed by atoms with van der Waals surface area (Å²) < 4.78 is 1.67. The first-order valence-corrected chi connectivity index (χ1v) is 6.24. The van der Waals surface area contributed by atoms with Gasteiger partial charge in [0.15, 0.2) is 0 Å². The molecule has 1 heterocycles. The molecule has 0 radical (unpaired) electrons. The van der Waals surface area contributed by atoms with Crippen LogP contribution in [-0.2, 0) is 6.54 Å². The number of amides is 1. The molecule has 94 valence electrons. The van der Waals surface area contributed by atoms with Gasteiger partial charge in [0.2, 0.25) is 0 Å². The Kier molecular flexibility index (Phi) is 3.36. The van der Waals surface area contributed by atoms with E-state index in [-0.39, 0.29) is 5.91 Å². The van der Waals surface area contributed by atoms with Crippen LogP contribution in [0.3, 0.4) is 0 Å². The lowest BCUT2D eigenvalue weighted by Gasteiger charge is -2.25. The van der Waals surface area contributed by atoms with Crippen molar-refractivity contribution in [2.45, 2.75) is 39.7 Å². The summed E-state index contributed by atoms with van der Waals surface area (Å²) in [6.45, 7) is 5.19. The lowest BCUT2D eigenvalue weighted by molar-refractivity contribution is 0.0929. The molecule has 1 aliphatic rings. The maximum absolute atomic E-state index is 12.1. The van der Waals surface area contributed by atoms with Gasteiger partial charge in [-0.1, -0.05) is 6.42 Å². The van der Waals surface area contributed by atoms with Crippen molar-refractivity contribution in [3.63, 3.8) is 0 Å². The quantitative estimate of drug-likeness (QED) is 0.828. The Morgan fingerprint density at radius 1 is 1.59 bits per heavy atom. The van der Waals surface area contributed by atoms with E-state index in [1.54, 1.807) is 4.68 Å². The minimum Gasteiger partial charge on any atom is -0.395 e. The van der Waals surface area contributed by atoms with Crippen LogP contribution in [0, 0.1) is 12.8 Å². The molecular formula is C12H20N4O. The van der Waals surface area contributed by atoms with Crippen LogP contribution in [-0.4, -0.2) is 22.2 Å². The van der Waals surface area contributed by atoms with Crippen molar-refractivity contribution in [2.75, 3.05) is 12.3 Å². The molecule has 0 saturated heterocycles. The Balaban J connectivity index is 2.06. The SMILES string of the molecule is CCn1nc(C)c(N)c1C(=O)NCC1CCC1. The minimum absolute atomic E-state index is 0.100. The lowest BCUT2D eigenvalue weighted by atomic mass is 9.85. The van der Waals surface area contributed by atoms with Crippen LogP contribution in [0.5, 0.6) is 0 Å². The normalized spacial score (nSPS) is 15.6. The average molecular weight is 236 g/mol. The molecule has 0 unspecified atom stereocenters. The Labute approximate surface area is 101 Å². The van der Waals surface area contributed by atoms with Crippen molar-refractivity contribution in [3.05, 3.63) is 11.4 Å². The molecule has 0 spiro atoms. The number of hydrogen-bond acceptors (Lipinski definition) is 3. The zero-order valence-electron chi connectivity index (χ0n) is 10.5. The van der Waals surface area contributed by atoms with E-state index >= 15 is 0 Å². The molecule has 1 aromatic heterocycles.